The number of aliphatic carboxylic acids is 1. The van der Waals surface area contributed by atoms with Crippen LogP contribution in [-0.4, -0.2) is 20.6 Å². The highest BCUT2D eigenvalue weighted by Gasteiger charge is 2.25. The molecule has 4 heteroatoms. The number of aromatic nitrogens is 2. The molecule has 0 aliphatic rings. The molecule has 0 amide bonds. The third kappa shape index (κ3) is 1.95. The van der Waals surface area contributed by atoms with Crippen LogP contribution in [0.3, 0.4) is 0 Å². The quantitative estimate of drug-likeness (QED) is 0.793. The molecule has 0 fully saturated rings. The number of fused-ring (bicyclic) bond motifs is 1. The monoisotopic (exact) mass is 266 g/mol. The number of carboxylic acids is 1. The van der Waals surface area contributed by atoms with Crippen LogP contribution >= 0.6 is 0 Å². The second-order valence-corrected chi connectivity index (χ2v) is 4.76. The maximum atomic E-state index is 11.7. The number of pyridine rings is 1. The Balaban J connectivity index is 2.23. The minimum atomic E-state index is -0.854. The van der Waals surface area contributed by atoms with Gasteiger partial charge in [0.2, 0.25) is 0 Å². The summed E-state index contributed by atoms with van der Waals surface area (Å²) in [7, 11) is 1.93. The average molecular weight is 266 g/mol. The van der Waals surface area contributed by atoms with Gasteiger partial charge in [0.15, 0.2) is 0 Å². The van der Waals surface area contributed by atoms with Gasteiger partial charge in [-0.05, 0) is 29.3 Å². The van der Waals surface area contributed by atoms with Gasteiger partial charge >= 0.3 is 5.97 Å². The molecule has 0 aliphatic heterocycles. The van der Waals surface area contributed by atoms with Crippen molar-refractivity contribution < 1.29 is 9.90 Å². The summed E-state index contributed by atoms with van der Waals surface area (Å²) >= 11 is 0. The van der Waals surface area contributed by atoms with Crippen LogP contribution in [0.5, 0.6) is 0 Å². The lowest BCUT2D eigenvalue weighted by atomic mass is 9.92. The van der Waals surface area contributed by atoms with E-state index in [9.17, 15) is 9.90 Å². The highest BCUT2D eigenvalue weighted by molar-refractivity contribution is 5.91. The number of aryl methyl sites for hydroxylation is 1. The summed E-state index contributed by atoms with van der Waals surface area (Å²) in [5.41, 5.74) is 2.58. The van der Waals surface area contributed by atoms with Gasteiger partial charge in [0, 0.05) is 36.5 Å². The van der Waals surface area contributed by atoms with Crippen molar-refractivity contribution in [1.82, 2.24) is 9.55 Å². The van der Waals surface area contributed by atoms with Crippen LogP contribution in [0.2, 0.25) is 0 Å². The van der Waals surface area contributed by atoms with Crippen molar-refractivity contribution in [3.63, 3.8) is 0 Å². The van der Waals surface area contributed by atoms with E-state index in [1.807, 2.05) is 42.1 Å². The van der Waals surface area contributed by atoms with Crippen molar-refractivity contribution in [3.05, 3.63) is 66.1 Å². The second kappa shape index (κ2) is 4.81. The number of hydrogen-bond acceptors (Lipinski definition) is 2. The average Bonchev–Trinajstić information content (AvgIpc) is 2.78. The highest BCUT2D eigenvalue weighted by atomic mass is 16.4. The molecule has 1 atom stereocenters. The Morgan fingerprint density at radius 3 is 2.60 bits per heavy atom. The third-order valence-corrected chi connectivity index (χ3v) is 3.53. The SMILES string of the molecule is Cn1cc(C(C(=O)O)c2ccncc2)c2ccccc21. The predicted octanol–water partition coefficient (Wildman–Crippen LogP) is 2.79. The number of carboxylic acid groups (broad SMARTS) is 1. The first-order valence-electron chi connectivity index (χ1n) is 6.35. The molecular weight excluding hydrogens is 252 g/mol. The van der Waals surface area contributed by atoms with Crippen molar-refractivity contribution in [3.8, 4) is 0 Å². The number of benzene rings is 1. The summed E-state index contributed by atoms with van der Waals surface area (Å²) < 4.78 is 1.96. The largest absolute Gasteiger partial charge is 0.481 e. The molecule has 0 bridgehead atoms. The molecule has 1 N–H and O–H groups in total. The molecule has 100 valence electrons. The van der Waals surface area contributed by atoms with Gasteiger partial charge in [-0.3, -0.25) is 9.78 Å². The predicted molar refractivity (Wildman–Crippen MR) is 76.6 cm³/mol. The van der Waals surface area contributed by atoms with Gasteiger partial charge in [-0.2, -0.15) is 0 Å². The summed E-state index contributed by atoms with van der Waals surface area (Å²) in [5.74, 6) is -1.53. The van der Waals surface area contributed by atoms with Crippen LogP contribution in [0.1, 0.15) is 17.0 Å². The molecule has 0 saturated carbocycles. The summed E-state index contributed by atoms with van der Waals surface area (Å²) in [6.45, 7) is 0. The van der Waals surface area contributed by atoms with Crippen LogP contribution in [0.4, 0.5) is 0 Å². The molecule has 0 aliphatic carbocycles. The molecule has 0 saturated heterocycles. The van der Waals surface area contributed by atoms with Gasteiger partial charge in [0.1, 0.15) is 5.92 Å². The highest BCUT2D eigenvalue weighted by Crippen LogP contribution is 2.31. The maximum Gasteiger partial charge on any atom is 0.315 e. The normalized spacial score (nSPS) is 12.4. The topological polar surface area (TPSA) is 55.1 Å². The molecule has 20 heavy (non-hydrogen) atoms. The van der Waals surface area contributed by atoms with E-state index in [0.29, 0.717) is 0 Å². The molecule has 2 aromatic heterocycles. The van der Waals surface area contributed by atoms with Gasteiger partial charge in [-0.1, -0.05) is 18.2 Å². The number of rotatable bonds is 3. The number of para-hydroxylation sites is 1. The number of hydrogen-bond donors (Lipinski definition) is 1. The zero-order valence-corrected chi connectivity index (χ0v) is 11.0. The fraction of sp³-hybridized carbons (Fsp3) is 0.125. The summed E-state index contributed by atoms with van der Waals surface area (Å²) in [4.78, 5) is 15.7. The molecule has 4 nitrogen and oxygen atoms in total. The smallest absolute Gasteiger partial charge is 0.315 e. The fourth-order valence-corrected chi connectivity index (χ4v) is 2.61. The molecule has 3 aromatic rings. The Morgan fingerprint density at radius 1 is 1.20 bits per heavy atom. The molecule has 0 radical (unpaired) electrons. The van der Waals surface area contributed by atoms with Crippen LogP contribution in [0, 0.1) is 0 Å². The first-order chi connectivity index (χ1) is 9.68. The van der Waals surface area contributed by atoms with Crippen molar-refractivity contribution in [2.45, 2.75) is 5.92 Å². The van der Waals surface area contributed by atoms with E-state index in [0.717, 1.165) is 22.0 Å². The molecular formula is C16H14N2O2. The summed E-state index contributed by atoms with van der Waals surface area (Å²) in [6, 6.07) is 11.3. The van der Waals surface area contributed by atoms with Crippen molar-refractivity contribution in [1.29, 1.82) is 0 Å². The standard InChI is InChI=1S/C16H14N2O2/c1-18-10-13(12-4-2-3-5-14(12)18)15(16(19)20)11-6-8-17-9-7-11/h2-10,15H,1H3,(H,19,20). The van der Waals surface area contributed by atoms with E-state index in [4.69, 9.17) is 0 Å². The number of carbonyl (C=O) groups is 1. The lowest BCUT2D eigenvalue weighted by molar-refractivity contribution is -0.137. The zero-order valence-electron chi connectivity index (χ0n) is 11.0. The second-order valence-electron chi connectivity index (χ2n) is 4.76. The summed E-state index contributed by atoms with van der Waals surface area (Å²) in [6.07, 6.45) is 5.14. The minimum Gasteiger partial charge on any atom is -0.481 e. The van der Waals surface area contributed by atoms with Crippen molar-refractivity contribution >= 4 is 16.9 Å². The maximum absolute atomic E-state index is 11.7. The minimum absolute atomic E-state index is 0.677. The van der Waals surface area contributed by atoms with Crippen LogP contribution in [-0.2, 0) is 11.8 Å². The van der Waals surface area contributed by atoms with Crippen molar-refractivity contribution in [2.75, 3.05) is 0 Å². The van der Waals surface area contributed by atoms with Crippen LogP contribution in [0.15, 0.2) is 55.0 Å². The lowest BCUT2D eigenvalue weighted by Gasteiger charge is -2.11. The Bertz CT molecular complexity index is 763. The van der Waals surface area contributed by atoms with Crippen LogP contribution < -0.4 is 0 Å². The van der Waals surface area contributed by atoms with E-state index in [-0.39, 0.29) is 0 Å². The Hall–Kier alpha value is -2.62. The van der Waals surface area contributed by atoms with Gasteiger partial charge in [-0.25, -0.2) is 0 Å². The lowest BCUT2D eigenvalue weighted by Crippen LogP contribution is -2.12. The van der Waals surface area contributed by atoms with Gasteiger partial charge in [0.05, 0.1) is 0 Å². The van der Waals surface area contributed by atoms with E-state index >= 15 is 0 Å². The first kappa shape index (κ1) is 12.4. The van der Waals surface area contributed by atoms with E-state index < -0.39 is 11.9 Å². The number of nitrogens with zero attached hydrogens (tertiary/aromatic N) is 2. The zero-order chi connectivity index (χ0) is 14.1. The molecule has 1 aromatic carbocycles. The molecule has 3 rings (SSSR count). The molecule has 2 heterocycles. The van der Waals surface area contributed by atoms with Gasteiger partial charge in [0.25, 0.3) is 0 Å². The fourth-order valence-electron chi connectivity index (χ4n) is 2.61. The van der Waals surface area contributed by atoms with Crippen LogP contribution in [0.25, 0.3) is 10.9 Å². The molecule has 0 spiro atoms. The third-order valence-electron chi connectivity index (χ3n) is 3.53. The van der Waals surface area contributed by atoms with E-state index in [2.05, 4.69) is 4.98 Å². The molecule has 1 unspecified atom stereocenters. The van der Waals surface area contributed by atoms with Crippen molar-refractivity contribution in [2.24, 2.45) is 7.05 Å². The Morgan fingerprint density at radius 2 is 1.90 bits per heavy atom. The first-order valence-corrected chi connectivity index (χ1v) is 6.35. The van der Waals surface area contributed by atoms with Gasteiger partial charge in [-0.15, -0.1) is 0 Å². The summed E-state index contributed by atoms with van der Waals surface area (Å²) in [5, 5.41) is 10.6. The Labute approximate surface area is 116 Å². The van der Waals surface area contributed by atoms with E-state index in [1.54, 1.807) is 24.5 Å². The van der Waals surface area contributed by atoms with E-state index in [1.165, 1.54) is 0 Å². The Kier molecular flexibility index (Phi) is 2.99. The van der Waals surface area contributed by atoms with Gasteiger partial charge < -0.3 is 9.67 Å².